The molecule has 0 bridgehead atoms. The molecule has 1 aliphatic rings. The number of carbonyl (C=O) groups is 4. The molecule has 30 heavy (non-hydrogen) atoms. The Morgan fingerprint density at radius 3 is 1.83 bits per heavy atom. The lowest BCUT2D eigenvalue weighted by Gasteiger charge is -2.43. The minimum Gasteiger partial charge on any atom is -0.463 e. The number of rotatable bonds is 7. The van der Waals surface area contributed by atoms with Crippen LogP contribution in [-0.4, -0.2) is 61.2 Å². The summed E-state index contributed by atoms with van der Waals surface area (Å²) < 4.78 is 32.6. The summed E-state index contributed by atoms with van der Waals surface area (Å²) in [5, 5.41) is 0. The van der Waals surface area contributed by atoms with E-state index in [9.17, 15) is 19.2 Å². The van der Waals surface area contributed by atoms with Crippen LogP contribution < -0.4 is 4.74 Å². The Morgan fingerprint density at radius 2 is 1.30 bits per heavy atom. The lowest BCUT2D eigenvalue weighted by atomic mass is 9.98. The molecule has 10 nitrogen and oxygen atoms in total. The fourth-order valence-corrected chi connectivity index (χ4v) is 2.92. The molecule has 1 heterocycles. The molecule has 2 rings (SSSR count). The van der Waals surface area contributed by atoms with Gasteiger partial charge in [-0.05, 0) is 12.1 Å². The number of carbonyl (C=O) groups excluding carboxylic acids is 4. The SMILES string of the molecule is CC(=O)OC[C@H]1O[C@@H](Oc2ccccc2)[C@H](OC(C)=O)[C@@H](OC(C)=O)[C@@H]1OC(C)=O. The van der Waals surface area contributed by atoms with Gasteiger partial charge in [-0.15, -0.1) is 0 Å². The number of esters is 4. The average Bonchev–Trinajstić information content (AvgIpc) is 2.64. The molecule has 1 aromatic carbocycles. The molecule has 0 unspecified atom stereocenters. The number of hydrogen-bond donors (Lipinski definition) is 0. The molecule has 1 fully saturated rings. The van der Waals surface area contributed by atoms with Gasteiger partial charge in [-0.3, -0.25) is 19.2 Å². The summed E-state index contributed by atoms with van der Waals surface area (Å²) in [4.78, 5) is 46.4. The first-order chi connectivity index (χ1) is 14.2. The summed E-state index contributed by atoms with van der Waals surface area (Å²) in [5.41, 5.74) is 0. The van der Waals surface area contributed by atoms with Crippen LogP contribution in [0.5, 0.6) is 5.75 Å². The molecule has 0 spiro atoms. The van der Waals surface area contributed by atoms with Crippen LogP contribution in [0.25, 0.3) is 0 Å². The van der Waals surface area contributed by atoms with Gasteiger partial charge in [0.2, 0.25) is 12.4 Å². The Morgan fingerprint density at radius 1 is 0.767 bits per heavy atom. The fraction of sp³-hybridized carbons (Fsp3) is 0.500. The minimum atomic E-state index is -1.27. The van der Waals surface area contributed by atoms with Crippen LogP contribution in [0.4, 0.5) is 0 Å². The van der Waals surface area contributed by atoms with Crippen molar-refractivity contribution < 1.29 is 47.6 Å². The monoisotopic (exact) mass is 424 g/mol. The Labute approximate surface area is 173 Å². The Hall–Kier alpha value is -3.14. The largest absolute Gasteiger partial charge is 0.463 e. The number of ether oxygens (including phenoxy) is 6. The molecule has 0 aliphatic carbocycles. The van der Waals surface area contributed by atoms with Gasteiger partial charge in [-0.25, -0.2) is 0 Å². The zero-order valence-electron chi connectivity index (χ0n) is 17.1. The van der Waals surface area contributed by atoms with Crippen molar-refractivity contribution in [3.63, 3.8) is 0 Å². The van der Waals surface area contributed by atoms with Crippen molar-refractivity contribution in [1.29, 1.82) is 0 Å². The van der Waals surface area contributed by atoms with Crippen LogP contribution in [0.15, 0.2) is 30.3 Å². The highest BCUT2D eigenvalue weighted by Crippen LogP contribution is 2.30. The van der Waals surface area contributed by atoms with E-state index >= 15 is 0 Å². The fourth-order valence-electron chi connectivity index (χ4n) is 2.92. The third-order valence-corrected chi connectivity index (χ3v) is 3.94. The van der Waals surface area contributed by atoms with Crippen molar-refractivity contribution in [3.8, 4) is 5.75 Å². The summed E-state index contributed by atoms with van der Waals surface area (Å²) in [5.74, 6) is -2.30. The van der Waals surface area contributed by atoms with Gasteiger partial charge in [0.25, 0.3) is 0 Å². The van der Waals surface area contributed by atoms with Gasteiger partial charge in [-0.1, -0.05) is 18.2 Å². The maximum Gasteiger partial charge on any atom is 0.303 e. The standard InChI is InChI=1S/C20H24O10/c1-11(21)25-10-16-17(26-12(2)22)18(27-13(3)23)19(28-14(4)24)20(30-16)29-15-8-6-5-7-9-15/h5-9,16-20H,10H2,1-4H3/t16-,17-,18+,19-,20-/m1/s1. The first kappa shape index (κ1) is 23.1. The average molecular weight is 424 g/mol. The minimum absolute atomic E-state index is 0.313. The number of hydrogen-bond acceptors (Lipinski definition) is 10. The highest BCUT2D eigenvalue weighted by atomic mass is 16.7. The summed E-state index contributed by atoms with van der Waals surface area (Å²) in [6.45, 7) is 4.36. The Bertz CT molecular complexity index is 762. The van der Waals surface area contributed by atoms with Gasteiger partial charge in [-0.2, -0.15) is 0 Å². The van der Waals surface area contributed by atoms with Gasteiger partial charge in [0.15, 0.2) is 12.2 Å². The molecule has 1 saturated heterocycles. The van der Waals surface area contributed by atoms with E-state index in [-0.39, 0.29) is 6.61 Å². The maximum absolute atomic E-state index is 11.7. The number of benzene rings is 1. The summed E-state index contributed by atoms with van der Waals surface area (Å²) in [6, 6.07) is 8.52. The van der Waals surface area contributed by atoms with Gasteiger partial charge in [0.1, 0.15) is 18.5 Å². The molecular weight excluding hydrogens is 400 g/mol. The van der Waals surface area contributed by atoms with E-state index in [1.807, 2.05) is 0 Å². The molecule has 0 aromatic heterocycles. The second-order valence-electron chi connectivity index (χ2n) is 6.50. The van der Waals surface area contributed by atoms with Crippen molar-refractivity contribution >= 4 is 23.9 Å². The highest BCUT2D eigenvalue weighted by molar-refractivity contribution is 5.68. The molecule has 1 aromatic rings. The Balaban J connectivity index is 2.42. The molecule has 0 N–H and O–H groups in total. The van der Waals surface area contributed by atoms with Gasteiger partial charge in [0, 0.05) is 27.7 Å². The van der Waals surface area contributed by atoms with E-state index in [0.29, 0.717) is 5.75 Å². The van der Waals surface area contributed by atoms with Crippen LogP contribution in [-0.2, 0) is 42.9 Å². The first-order valence-electron chi connectivity index (χ1n) is 9.19. The van der Waals surface area contributed by atoms with E-state index in [4.69, 9.17) is 28.4 Å². The van der Waals surface area contributed by atoms with Crippen LogP contribution >= 0.6 is 0 Å². The third-order valence-electron chi connectivity index (χ3n) is 3.94. The lowest BCUT2D eigenvalue weighted by molar-refractivity contribution is -0.288. The van der Waals surface area contributed by atoms with E-state index in [1.54, 1.807) is 30.3 Å². The molecule has 10 heteroatoms. The summed E-state index contributed by atoms with van der Waals surface area (Å²) in [7, 11) is 0. The smallest absolute Gasteiger partial charge is 0.303 e. The van der Waals surface area contributed by atoms with Crippen molar-refractivity contribution in [2.24, 2.45) is 0 Å². The summed E-state index contributed by atoms with van der Waals surface area (Å²) in [6.07, 6.45) is -6.04. The second-order valence-corrected chi connectivity index (χ2v) is 6.50. The van der Waals surface area contributed by atoms with E-state index in [2.05, 4.69) is 0 Å². The molecule has 164 valence electrons. The van der Waals surface area contributed by atoms with E-state index in [0.717, 1.165) is 20.8 Å². The predicted octanol–water partition coefficient (Wildman–Crippen LogP) is 1.15. The molecular formula is C20H24O10. The van der Waals surface area contributed by atoms with Crippen LogP contribution in [0.3, 0.4) is 0 Å². The van der Waals surface area contributed by atoms with Crippen LogP contribution in [0, 0.1) is 0 Å². The predicted molar refractivity (Wildman–Crippen MR) is 99.0 cm³/mol. The molecule has 0 saturated carbocycles. The van der Waals surface area contributed by atoms with Crippen molar-refractivity contribution in [1.82, 2.24) is 0 Å². The molecule has 5 atom stereocenters. The topological polar surface area (TPSA) is 124 Å². The molecule has 0 radical (unpaired) electrons. The quantitative estimate of drug-likeness (QED) is 0.465. The zero-order chi connectivity index (χ0) is 22.3. The lowest BCUT2D eigenvalue weighted by Crippen LogP contribution is -2.63. The maximum atomic E-state index is 11.7. The van der Waals surface area contributed by atoms with E-state index in [1.165, 1.54) is 6.92 Å². The van der Waals surface area contributed by atoms with Crippen LogP contribution in [0.1, 0.15) is 27.7 Å². The molecule has 1 aliphatic heterocycles. The van der Waals surface area contributed by atoms with Crippen molar-refractivity contribution in [3.05, 3.63) is 30.3 Å². The van der Waals surface area contributed by atoms with Crippen molar-refractivity contribution in [2.45, 2.75) is 58.4 Å². The van der Waals surface area contributed by atoms with E-state index < -0.39 is 54.6 Å². The third kappa shape index (κ3) is 6.73. The molecule has 0 amide bonds. The van der Waals surface area contributed by atoms with Gasteiger partial charge >= 0.3 is 23.9 Å². The number of para-hydroxylation sites is 1. The van der Waals surface area contributed by atoms with Gasteiger partial charge < -0.3 is 28.4 Å². The Kier molecular flexibility index (Phi) is 8.16. The van der Waals surface area contributed by atoms with Crippen LogP contribution in [0.2, 0.25) is 0 Å². The zero-order valence-corrected chi connectivity index (χ0v) is 17.1. The summed E-state index contributed by atoms with van der Waals surface area (Å²) >= 11 is 0. The van der Waals surface area contributed by atoms with Crippen molar-refractivity contribution in [2.75, 3.05) is 6.61 Å². The van der Waals surface area contributed by atoms with Gasteiger partial charge in [0.05, 0.1) is 0 Å². The first-order valence-corrected chi connectivity index (χ1v) is 9.19. The highest BCUT2D eigenvalue weighted by Gasteiger charge is 2.53. The normalized spacial score (nSPS) is 25.5. The second kappa shape index (κ2) is 10.6.